The van der Waals surface area contributed by atoms with Gasteiger partial charge in [0.05, 0.1) is 15.1 Å². The van der Waals surface area contributed by atoms with Crippen molar-refractivity contribution in [3.05, 3.63) is 40.6 Å². The van der Waals surface area contributed by atoms with Gasteiger partial charge in [0.25, 0.3) is 5.91 Å². The molecule has 2 aliphatic carbocycles. The highest BCUT2D eigenvalue weighted by Crippen LogP contribution is 2.55. The first kappa shape index (κ1) is 26.3. The molecule has 1 amide bonds. The van der Waals surface area contributed by atoms with Gasteiger partial charge in [0.2, 0.25) is 5.92 Å². The highest BCUT2D eigenvalue weighted by Gasteiger charge is 2.57. The summed E-state index contributed by atoms with van der Waals surface area (Å²) in [6.45, 7) is 1.09. The SMILES string of the molecule is COC1(c2nn(CC3(C)CC(F)(F)C3)c(C(=O)N=c3ccn(O)c(S(C)(=N)=O)c3)c2C(F)(F)F)CC1. The van der Waals surface area contributed by atoms with E-state index in [-0.39, 0.29) is 24.7 Å². The first-order chi connectivity index (χ1) is 16.4. The lowest BCUT2D eigenvalue weighted by atomic mass is 9.67. The molecule has 0 bridgehead atoms. The Balaban J connectivity index is 1.89. The molecule has 2 heterocycles. The second-order valence-electron chi connectivity index (χ2n) is 9.77. The second-order valence-corrected chi connectivity index (χ2v) is 11.9. The number of ether oxygens (including phenoxy) is 1. The first-order valence-electron chi connectivity index (χ1n) is 10.8. The van der Waals surface area contributed by atoms with Gasteiger partial charge in [-0.25, -0.2) is 22.8 Å². The predicted octanol–water partition coefficient (Wildman–Crippen LogP) is 3.79. The summed E-state index contributed by atoms with van der Waals surface area (Å²) in [7, 11) is -2.25. The predicted molar refractivity (Wildman–Crippen MR) is 114 cm³/mol. The van der Waals surface area contributed by atoms with Gasteiger partial charge in [-0.05, 0) is 24.3 Å². The molecule has 2 aliphatic rings. The van der Waals surface area contributed by atoms with Crippen molar-refractivity contribution in [1.82, 2.24) is 14.5 Å². The van der Waals surface area contributed by atoms with E-state index in [1.165, 1.54) is 14.0 Å². The van der Waals surface area contributed by atoms with E-state index in [0.29, 0.717) is 4.73 Å². The fourth-order valence-corrected chi connectivity index (χ4v) is 5.46. The Labute approximate surface area is 202 Å². The average molecular weight is 538 g/mol. The summed E-state index contributed by atoms with van der Waals surface area (Å²) in [6, 6.07) is 2.01. The zero-order valence-corrected chi connectivity index (χ0v) is 20.3. The van der Waals surface area contributed by atoms with E-state index in [4.69, 9.17) is 9.52 Å². The Morgan fingerprint density at radius 3 is 2.42 bits per heavy atom. The molecule has 4 rings (SSSR count). The Morgan fingerprint density at radius 1 is 1.33 bits per heavy atom. The van der Waals surface area contributed by atoms with Gasteiger partial charge in [-0.1, -0.05) is 6.92 Å². The number of hydrogen-bond acceptors (Lipinski definition) is 6. The van der Waals surface area contributed by atoms with Crippen molar-refractivity contribution in [1.29, 1.82) is 4.78 Å². The lowest BCUT2D eigenvalue weighted by Crippen LogP contribution is -2.47. The maximum absolute atomic E-state index is 14.3. The zero-order chi connectivity index (χ0) is 26.9. The summed E-state index contributed by atoms with van der Waals surface area (Å²) in [6.07, 6.45) is -3.80. The van der Waals surface area contributed by atoms with Gasteiger partial charge in [-0.2, -0.15) is 23.0 Å². The number of pyridine rings is 1. The molecule has 198 valence electrons. The van der Waals surface area contributed by atoms with E-state index in [1.807, 2.05) is 0 Å². The largest absolute Gasteiger partial charge is 0.428 e. The smallest absolute Gasteiger partial charge is 0.420 e. The number of nitrogens with one attached hydrogen (secondary N) is 1. The summed E-state index contributed by atoms with van der Waals surface area (Å²) >= 11 is 0. The van der Waals surface area contributed by atoms with Crippen molar-refractivity contribution in [2.45, 2.75) is 61.9 Å². The third-order valence-electron chi connectivity index (χ3n) is 6.38. The molecule has 0 saturated heterocycles. The first-order valence-corrected chi connectivity index (χ1v) is 12.7. The molecule has 1 unspecified atom stereocenters. The Hall–Kier alpha value is -2.81. The third kappa shape index (κ3) is 4.77. The lowest BCUT2D eigenvalue weighted by molar-refractivity contribution is -0.160. The standard InChI is InChI=1S/C21H24F5N5O4S/c1-18(9-20(22,23)10-18)11-30-15(14(21(24,25)26)16(29-30)19(35-2)5-6-19)17(32)28-12-4-7-31(33)13(8-12)36(3,27)34/h4,7-8,27,33H,5-6,9-11H2,1-3H3. The van der Waals surface area contributed by atoms with Crippen LogP contribution < -0.4 is 5.36 Å². The molecule has 2 fully saturated rings. The van der Waals surface area contributed by atoms with Crippen molar-refractivity contribution < 1.29 is 40.9 Å². The second kappa shape index (κ2) is 8.10. The van der Waals surface area contributed by atoms with Crippen LogP contribution in [0.15, 0.2) is 28.3 Å². The summed E-state index contributed by atoms with van der Waals surface area (Å²) in [5, 5.41) is 13.2. The summed E-state index contributed by atoms with van der Waals surface area (Å²) in [5.41, 5.74) is -5.23. The molecule has 1 atom stereocenters. The zero-order valence-electron chi connectivity index (χ0n) is 19.5. The Kier molecular flexibility index (Phi) is 5.91. The fraction of sp³-hybridized carbons (Fsp3) is 0.571. The summed E-state index contributed by atoms with van der Waals surface area (Å²) in [5.74, 6) is -4.32. The van der Waals surface area contributed by atoms with Gasteiger partial charge in [-0.15, -0.1) is 0 Å². The number of halogens is 5. The molecule has 2 saturated carbocycles. The number of alkyl halides is 5. The number of methoxy groups -OCH3 is 1. The Bertz CT molecular complexity index is 1400. The number of carbonyl (C=O) groups excluding carboxylic acids is 1. The summed E-state index contributed by atoms with van der Waals surface area (Å²) < 4.78 is 96.3. The summed E-state index contributed by atoms with van der Waals surface area (Å²) in [4.78, 5) is 16.9. The number of hydrogen-bond donors (Lipinski definition) is 2. The van der Waals surface area contributed by atoms with E-state index >= 15 is 0 Å². The van der Waals surface area contributed by atoms with Gasteiger partial charge in [0.1, 0.15) is 22.6 Å². The van der Waals surface area contributed by atoms with Gasteiger partial charge in [0, 0.05) is 45.0 Å². The molecule has 36 heavy (non-hydrogen) atoms. The van der Waals surface area contributed by atoms with Gasteiger partial charge < -0.3 is 9.94 Å². The van der Waals surface area contributed by atoms with Gasteiger partial charge in [-0.3, -0.25) is 9.48 Å². The molecule has 0 spiro atoms. The molecule has 2 aromatic heterocycles. The maximum Gasteiger partial charge on any atom is 0.420 e. The van der Waals surface area contributed by atoms with Crippen molar-refractivity contribution in [2.24, 2.45) is 10.4 Å². The minimum Gasteiger partial charge on any atom is -0.428 e. The van der Waals surface area contributed by atoms with Crippen LogP contribution in [-0.4, -0.2) is 49.1 Å². The van der Waals surface area contributed by atoms with Crippen LogP contribution in [0.3, 0.4) is 0 Å². The number of rotatable bonds is 6. The van der Waals surface area contributed by atoms with Gasteiger partial charge >= 0.3 is 6.18 Å². The van der Waals surface area contributed by atoms with Crippen LogP contribution in [0.5, 0.6) is 0 Å². The minimum atomic E-state index is -5.04. The fourth-order valence-electron chi connectivity index (χ4n) is 4.69. The molecular weight excluding hydrogens is 513 g/mol. The minimum absolute atomic E-state index is 0.233. The number of carbonyl (C=O) groups is 1. The third-order valence-corrected chi connectivity index (χ3v) is 7.48. The van der Waals surface area contributed by atoms with Crippen molar-refractivity contribution in [3.8, 4) is 0 Å². The topological polar surface area (TPSA) is 123 Å². The number of amides is 1. The quantitative estimate of drug-likeness (QED) is 0.429. The Morgan fingerprint density at radius 2 is 1.94 bits per heavy atom. The molecule has 0 radical (unpaired) electrons. The van der Waals surface area contributed by atoms with Crippen LogP contribution in [0, 0.1) is 10.2 Å². The van der Waals surface area contributed by atoms with E-state index in [1.54, 1.807) is 0 Å². The van der Waals surface area contributed by atoms with Crippen molar-refractivity contribution in [3.63, 3.8) is 0 Å². The van der Waals surface area contributed by atoms with E-state index in [9.17, 15) is 36.2 Å². The average Bonchev–Trinajstić information content (AvgIpc) is 3.40. The van der Waals surface area contributed by atoms with Crippen LogP contribution in [-0.2, 0) is 32.8 Å². The van der Waals surface area contributed by atoms with Crippen LogP contribution in [0.25, 0.3) is 0 Å². The highest BCUT2D eigenvalue weighted by molar-refractivity contribution is 7.91. The normalized spacial score (nSPS) is 22.1. The van der Waals surface area contributed by atoms with Crippen molar-refractivity contribution in [2.75, 3.05) is 13.4 Å². The van der Waals surface area contributed by atoms with Crippen LogP contribution >= 0.6 is 0 Å². The molecule has 0 aliphatic heterocycles. The molecule has 9 nitrogen and oxygen atoms in total. The number of nitrogens with zero attached hydrogens (tertiary/aromatic N) is 4. The molecular formula is C21H24F5N5O4S. The monoisotopic (exact) mass is 537 g/mol. The lowest BCUT2D eigenvalue weighted by Gasteiger charge is -2.44. The maximum atomic E-state index is 14.3. The molecule has 2 N–H and O–H groups in total. The number of aromatic nitrogens is 3. The molecule has 15 heteroatoms. The van der Waals surface area contributed by atoms with Gasteiger partial charge in [0.15, 0.2) is 5.03 Å². The van der Waals surface area contributed by atoms with E-state index in [0.717, 1.165) is 29.3 Å². The highest BCUT2D eigenvalue weighted by atomic mass is 32.2. The van der Waals surface area contributed by atoms with E-state index in [2.05, 4.69) is 10.1 Å². The van der Waals surface area contributed by atoms with Crippen LogP contribution in [0.1, 0.15) is 54.4 Å². The van der Waals surface area contributed by atoms with Crippen LogP contribution in [0.4, 0.5) is 22.0 Å². The van der Waals surface area contributed by atoms with Crippen LogP contribution in [0.2, 0.25) is 0 Å². The van der Waals surface area contributed by atoms with Crippen molar-refractivity contribution >= 4 is 15.6 Å². The molecule has 2 aromatic rings. The van der Waals surface area contributed by atoms with E-state index < -0.39 is 73.6 Å². The molecule has 0 aromatic carbocycles.